The van der Waals surface area contributed by atoms with Crippen LogP contribution in [0.15, 0.2) is 58.8 Å². The molecule has 4 nitrogen and oxygen atoms in total. The van der Waals surface area contributed by atoms with Gasteiger partial charge in [0.15, 0.2) is 0 Å². The second kappa shape index (κ2) is 3.94. The van der Waals surface area contributed by atoms with Gasteiger partial charge in [-0.1, -0.05) is 18.2 Å². The molecule has 1 aromatic carbocycles. The Bertz CT molecular complexity index is 572. The van der Waals surface area contributed by atoms with E-state index in [1.165, 1.54) is 11.8 Å². The molecule has 0 fully saturated rings. The summed E-state index contributed by atoms with van der Waals surface area (Å²) in [5.74, 6) is 0.626. The fourth-order valence-electron chi connectivity index (χ4n) is 1.35. The lowest BCUT2D eigenvalue weighted by Gasteiger charge is -1.93. The molecule has 0 atom stereocenters. The van der Waals surface area contributed by atoms with Crippen molar-refractivity contribution in [3.05, 3.63) is 48.8 Å². The minimum Gasteiger partial charge on any atom is -0.220 e. The highest BCUT2D eigenvalue weighted by Gasteiger charge is 2.04. The molecule has 0 bridgehead atoms. The van der Waals surface area contributed by atoms with Gasteiger partial charge in [-0.2, -0.15) is 4.98 Å². The van der Waals surface area contributed by atoms with Crippen LogP contribution in [0.5, 0.6) is 0 Å². The summed E-state index contributed by atoms with van der Waals surface area (Å²) < 4.78 is 1.67. The molecule has 0 radical (unpaired) electrons. The fraction of sp³-hybridized carbons (Fsp3) is 0. The van der Waals surface area contributed by atoms with Crippen molar-refractivity contribution < 1.29 is 0 Å². The first-order valence-corrected chi connectivity index (χ1v) is 5.64. The summed E-state index contributed by atoms with van der Waals surface area (Å²) in [6.07, 6.45) is 3.55. The quantitative estimate of drug-likeness (QED) is 0.675. The molecule has 0 N–H and O–H groups in total. The van der Waals surface area contributed by atoms with Gasteiger partial charge in [0, 0.05) is 17.3 Å². The molecule has 3 aromatic rings. The summed E-state index contributed by atoms with van der Waals surface area (Å²) >= 11 is 1.53. The van der Waals surface area contributed by atoms with E-state index in [4.69, 9.17) is 0 Å². The second-order valence-corrected chi connectivity index (χ2v) is 4.21. The van der Waals surface area contributed by atoms with Crippen molar-refractivity contribution >= 4 is 17.5 Å². The number of hydrogen-bond donors (Lipinski definition) is 0. The second-order valence-electron chi connectivity index (χ2n) is 3.17. The van der Waals surface area contributed by atoms with E-state index in [1.807, 2.05) is 42.6 Å². The summed E-state index contributed by atoms with van der Waals surface area (Å²) in [5.41, 5.74) is 0. The van der Waals surface area contributed by atoms with Crippen LogP contribution < -0.4 is 0 Å². The number of benzene rings is 1. The van der Waals surface area contributed by atoms with Gasteiger partial charge in [-0.05, 0) is 30.0 Å². The van der Waals surface area contributed by atoms with E-state index >= 15 is 0 Å². The lowest BCUT2D eigenvalue weighted by molar-refractivity contribution is 0.879. The van der Waals surface area contributed by atoms with Crippen LogP contribution in [0.25, 0.3) is 5.78 Å². The minimum absolute atomic E-state index is 0.626. The number of aromatic nitrogens is 4. The molecule has 2 heterocycles. The molecule has 0 saturated carbocycles. The minimum atomic E-state index is 0.626. The van der Waals surface area contributed by atoms with Crippen molar-refractivity contribution in [3.8, 4) is 0 Å². The van der Waals surface area contributed by atoms with E-state index < -0.39 is 0 Å². The standard InChI is InChI=1S/C11H8N4S/c1-2-5-9(6-3-1)16-11-13-10-12-7-4-8-15(10)14-11/h1-8H. The van der Waals surface area contributed by atoms with E-state index in [1.54, 1.807) is 10.7 Å². The van der Waals surface area contributed by atoms with Gasteiger partial charge in [0.1, 0.15) is 0 Å². The van der Waals surface area contributed by atoms with Crippen molar-refractivity contribution in [2.24, 2.45) is 0 Å². The molecule has 0 aliphatic heterocycles. The van der Waals surface area contributed by atoms with Crippen molar-refractivity contribution in [1.29, 1.82) is 0 Å². The Hall–Kier alpha value is -1.88. The molecular formula is C11H8N4S. The number of hydrogen-bond acceptors (Lipinski definition) is 4. The Morgan fingerprint density at radius 1 is 1.06 bits per heavy atom. The summed E-state index contributed by atoms with van der Waals surface area (Å²) in [4.78, 5) is 9.55. The average Bonchev–Trinajstić information content (AvgIpc) is 2.72. The third-order valence-corrected chi connectivity index (χ3v) is 2.91. The van der Waals surface area contributed by atoms with Crippen LogP contribution in [0, 0.1) is 0 Å². The number of rotatable bonds is 2. The van der Waals surface area contributed by atoms with Crippen LogP contribution in [-0.4, -0.2) is 19.6 Å². The smallest absolute Gasteiger partial charge is 0.220 e. The predicted molar refractivity (Wildman–Crippen MR) is 61.3 cm³/mol. The first-order valence-electron chi connectivity index (χ1n) is 4.82. The Labute approximate surface area is 96.4 Å². The van der Waals surface area contributed by atoms with Crippen LogP contribution in [0.2, 0.25) is 0 Å². The van der Waals surface area contributed by atoms with Crippen molar-refractivity contribution in [2.45, 2.75) is 10.1 Å². The molecule has 16 heavy (non-hydrogen) atoms. The summed E-state index contributed by atoms with van der Waals surface area (Å²) in [7, 11) is 0. The Kier molecular flexibility index (Phi) is 2.30. The van der Waals surface area contributed by atoms with Gasteiger partial charge in [-0.3, -0.25) is 0 Å². The predicted octanol–water partition coefficient (Wildman–Crippen LogP) is 2.28. The molecule has 0 aliphatic carbocycles. The zero-order valence-electron chi connectivity index (χ0n) is 8.32. The van der Waals surface area contributed by atoms with Crippen molar-refractivity contribution in [1.82, 2.24) is 19.6 Å². The third-order valence-electron chi connectivity index (χ3n) is 2.05. The lowest BCUT2D eigenvalue weighted by Crippen LogP contribution is -1.86. The molecule has 0 aliphatic rings. The monoisotopic (exact) mass is 228 g/mol. The Morgan fingerprint density at radius 3 is 2.75 bits per heavy atom. The molecule has 78 valence electrons. The molecular weight excluding hydrogens is 220 g/mol. The Balaban J connectivity index is 1.95. The van der Waals surface area contributed by atoms with Crippen LogP contribution in [0.3, 0.4) is 0 Å². The van der Waals surface area contributed by atoms with Crippen LogP contribution in [-0.2, 0) is 0 Å². The van der Waals surface area contributed by atoms with Gasteiger partial charge in [0.25, 0.3) is 5.78 Å². The zero-order chi connectivity index (χ0) is 10.8. The van der Waals surface area contributed by atoms with Crippen LogP contribution in [0.4, 0.5) is 0 Å². The van der Waals surface area contributed by atoms with Gasteiger partial charge in [-0.25, -0.2) is 9.50 Å². The summed E-state index contributed by atoms with van der Waals surface area (Å²) in [5, 5.41) is 5.03. The highest BCUT2D eigenvalue weighted by atomic mass is 32.2. The van der Waals surface area contributed by atoms with Crippen LogP contribution in [0.1, 0.15) is 0 Å². The van der Waals surface area contributed by atoms with E-state index in [-0.39, 0.29) is 0 Å². The van der Waals surface area contributed by atoms with Gasteiger partial charge in [0.2, 0.25) is 5.16 Å². The molecule has 0 amide bonds. The Morgan fingerprint density at radius 2 is 1.94 bits per heavy atom. The SMILES string of the molecule is c1ccc(Sc2nc3ncccn3n2)cc1. The van der Waals surface area contributed by atoms with Crippen molar-refractivity contribution in [2.75, 3.05) is 0 Å². The van der Waals surface area contributed by atoms with Crippen LogP contribution >= 0.6 is 11.8 Å². The maximum Gasteiger partial charge on any atom is 0.253 e. The third kappa shape index (κ3) is 1.77. The van der Waals surface area contributed by atoms with Gasteiger partial charge in [-0.15, -0.1) is 5.10 Å². The maximum atomic E-state index is 4.31. The molecule has 0 saturated heterocycles. The maximum absolute atomic E-state index is 4.31. The topological polar surface area (TPSA) is 43.1 Å². The normalized spacial score (nSPS) is 10.8. The fourth-order valence-corrected chi connectivity index (χ4v) is 2.11. The zero-order valence-corrected chi connectivity index (χ0v) is 9.13. The summed E-state index contributed by atoms with van der Waals surface area (Å²) in [6, 6.07) is 11.9. The molecule has 0 unspecified atom stereocenters. The van der Waals surface area contributed by atoms with E-state index in [9.17, 15) is 0 Å². The van der Waals surface area contributed by atoms with Gasteiger partial charge in [0.05, 0.1) is 0 Å². The van der Waals surface area contributed by atoms with Gasteiger partial charge < -0.3 is 0 Å². The molecule has 2 aromatic heterocycles. The molecule has 0 spiro atoms. The van der Waals surface area contributed by atoms with Gasteiger partial charge >= 0.3 is 0 Å². The molecule has 5 heteroatoms. The van der Waals surface area contributed by atoms with E-state index in [0.717, 1.165) is 4.90 Å². The highest BCUT2D eigenvalue weighted by Crippen LogP contribution is 2.23. The van der Waals surface area contributed by atoms with Crippen molar-refractivity contribution in [3.63, 3.8) is 0 Å². The summed E-state index contributed by atoms with van der Waals surface area (Å²) in [6.45, 7) is 0. The lowest BCUT2D eigenvalue weighted by atomic mass is 10.4. The number of nitrogens with zero attached hydrogens (tertiary/aromatic N) is 4. The first-order chi connectivity index (χ1) is 7.92. The van der Waals surface area contributed by atoms with E-state index in [0.29, 0.717) is 10.9 Å². The molecule has 3 rings (SSSR count). The highest BCUT2D eigenvalue weighted by molar-refractivity contribution is 7.99. The van der Waals surface area contributed by atoms with E-state index in [2.05, 4.69) is 15.1 Å². The number of fused-ring (bicyclic) bond motifs is 1. The first kappa shape index (κ1) is 9.35. The average molecular weight is 228 g/mol. The largest absolute Gasteiger partial charge is 0.253 e.